The summed E-state index contributed by atoms with van der Waals surface area (Å²) in [5, 5.41) is 2.27. The van der Waals surface area contributed by atoms with Crippen LogP contribution in [0.4, 0.5) is 0 Å². The molecule has 0 saturated carbocycles. The van der Waals surface area contributed by atoms with E-state index in [1.165, 1.54) is 0 Å². The summed E-state index contributed by atoms with van der Waals surface area (Å²) in [6, 6.07) is 0. The van der Waals surface area contributed by atoms with Crippen LogP contribution in [0, 0.1) is 4.91 Å². The number of carbonyl (C=O) groups is 2. The molecule has 0 aromatic heterocycles. The molecule has 188 valence electrons. The Morgan fingerprint density at radius 3 is 1.34 bits per heavy atom. The van der Waals surface area contributed by atoms with Gasteiger partial charge in [0.15, 0.2) is 0 Å². The fourth-order valence-electron chi connectivity index (χ4n) is 2.12. The predicted octanol–water partition coefficient (Wildman–Crippen LogP) is 1.89. The van der Waals surface area contributed by atoms with Crippen LogP contribution in [-0.2, 0) is 42.7 Å². The summed E-state index contributed by atoms with van der Waals surface area (Å²) >= 11 is 0. The Labute approximate surface area is 190 Å². The van der Waals surface area contributed by atoms with Gasteiger partial charge in [-0.2, -0.15) is 0 Å². The number of nitroso groups, excluding NO2 is 1. The Hall–Kier alpha value is -1.50. The molecule has 0 rings (SSSR count). The highest BCUT2D eigenvalue weighted by atomic mass is 16.6. The number of amides is 1. The Bertz CT molecular complexity index is 482. The van der Waals surface area contributed by atoms with Gasteiger partial charge in [-0.25, -0.2) is 0 Å². The van der Waals surface area contributed by atoms with Crippen molar-refractivity contribution in [2.75, 3.05) is 79.3 Å². The molecule has 0 heterocycles. The molecule has 0 fully saturated rings. The first-order valence-corrected chi connectivity index (χ1v) is 10.9. The Kier molecular flexibility index (Phi) is 20.4. The van der Waals surface area contributed by atoms with E-state index in [4.69, 9.17) is 33.2 Å². The lowest BCUT2D eigenvalue weighted by atomic mass is 10.2. The number of hydrogen-bond acceptors (Lipinski definition) is 10. The summed E-state index contributed by atoms with van der Waals surface area (Å²) in [6.45, 7) is 10.6. The van der Waals surface area contributed by atoms with Crippen molar-refractivity contribution in [2.45, 2.75) is 45.6 Å². The Balaban J connectivity index is 3.14. The highest BCUT2D eigenvalue weighted by Crippen LogP contribution is 2.09. The number of ether oxygens (including phenoxy) is 7. The molecular formula is C21H39NO10. The van der Waals surface area contributed by atoms with Crippen molar-refractivity contribution in [2.24, 2.45) is 5.18 Å². The third-order valence-corrected chi connectivity index (χ3v) is 3.51. The van der Waals surface area contributed by atoms with E-state index < -0.39 is 11.5 Å². The smallest absolute Gasteiger partial charge is 0.306 e. The van der Waals surface area contributed by atoms with Gasteiger partial charge in [0.2, 0.25) is 0 Å². The van der Waals surface area contributed by atoms with Crippen LogP contribution >= 0.6 is 0 Å². The lowest BCUT2D eigenvalue weighted by Crippen LogP contribution is -2.23. The van der Waals surface area contributed by atoms with Crippen molar-refractivity contribution >= 4 is 11.9 Å². The summed E-state index contributed by atoms with van der Waals surface area (Å²) in [7, 11) is 0. The zero-order valence-electron chi connectivity index (χ0n) is 19.6. The van der Waals surface area contributed by atoms with Crippen LogP contribution in [0.15, 0.2) is 5.18 Å². The minimum Gasteiger partial charge on any atom is -0.460 e. The summed E-state index contributed by atoms with van der Waals surface area (Å²) in [5.41, 5.74) is -0.451. The first kappa shape index (κ1) is 30.5. The zero-order valence-corrected chi connectivity index (χ0v) is 19.6. The number of esters is 1. The highest BCUT2D eigenvalue weighted by Gasteiger charge is 2.15. The van der Waals surface area contributed by atoms with Crippen molar-refractivity contribution in [3.05, 3.63) is 4.91 Å². The maximum Gasteiger partial charge on any atom is 0.306 e. The molecule has 0 radical (unpaired) electrons. The van der Waals surface area contributed by atoms with Crippen molar-refractivity contribution in [3.63, 3.8) is 0 Å². The lowest BCUT2D eigenvalue weighted by Gasteiger charge is -2.19. The summed E-state index contributed by atoms with van der Waals surface area (Å²) in [4.78, 5) is 32.0. The standard InChI is InChI=1S/C21H39NO10/c1-21(2,3)32-20(24)5-4-7-26-9-11-28-13-15-30-17-18-31-16-14-29-12-10-27-8-6-19(23)22-25/h4-18H2,1-3H3. The van der Waals surface area contributed by atoms with Gasteiger partial charge in [0, 0.05) is 18.2 Å². The highest BCUT2D eigenvalue weighted by molar-refractivity contribution is 5.76. The molecule has 0 aliphatic rings. The van der Waals surface area contributed by atoms with Gasteiger partial charge in [-0.15, -0.1) is 4.91 Å². The maximum absolute atomic E-state index is 11.5. The summed E-state index contributed by atoms with van der Waals surface area (Å²) in [6.07, 6.45) is 0.960. The van der Waals surface area contributed by atoms with Crippen molar-refractivity contribution in [3.8, 4) is 0 Å². The topological polar surface area (TPSA) is 128 Å². The van der Waals surface area contributed by atoms with Crippen LogP contribution in [-0.4, -0.2) is 96.8 Å². The predicted molar refractivity (Wildman–Crippen MR) is 115 cm³/mol. The fraction of sp³-hybridized carbons (Fsp3) is 0.905. The second-order valence-electron chi connectivity index (χ2n) is 7.60. The van der Waals surface area contributed by atoms with Crippen LogP contribution in [0.3, 0.4) is 0 Å². The molecule has 0 bridgehead atoms. The van der Waals surface area contributed by atoms with Gasteiger partial charge in [-0.05, 0) is 27.2 Å². The average Bonchev–Trinajstić information content (AvgIpc) is 2.73. The molecule has 0 aliphatic carbocycles. The molecular weight excluding hydrogens is 426 g/mol. The van der Waals surface area contributed by atoms with E-state index in [1.54, 1.807) is 0 Å². The molecule has 32 heavy (non-hydrogen) atoms. The number of nitrogens with zero attached hydrogens (tertiary/aromatic N) is 1. The Morgan fingerprint density at radius 1 is 0.594 bits per heavy atom. The largest absolute Gasteiger partial charge is 0.460 e. The molecule has 0 saturated heterocycles. The van der Waals surface area contributed by atoms with Gasteiger partial charge >= 0.3 is 5.97 Å². The van der Waals surface area contributed by atoms with E-state index >= 15 is 0 Å². The molecule has 0 N–H and O–H groups in total. The minimum absolute atomic E-state index is 0.0111. The monoisotopic (exact) mass is 465 g/mol. The lowest BCUT2D eigenvalue weighted by molar-refractivity contribution is -0.155. The quantitative estimate of drug-likeness (QED) is 0.133. The second kappa shape index (κ2) is 21.4. The zero-order chi connectivity index (χ0) is 23.9. The van der Waals surface area contributed by atoms with Crippen molar-refractivity contribution in [1.82, 2.24) is 0 Å². The minimum atomic E-state index is -0.717. The molecule has 11 nitrogen and oxygen atoms in total. The number of hydrogen-bond donors (Lipinski definition) is 0. The molecule has 0 aromatic rings. The van der Waals surface area contributed by atoms with E-state index in [-0.39, 0.29) is 19.0 Å². The molecule has 0 spiro atoms. The van der Waals surface area contributed by atoms with E-state index in [1.807, 2.05) is 20.8 Å². The van der Waals surface area contributed by atoms with Crippen LogP contribution in [0.25, 0.3) is 0 Å². The first-order valence-electron chi connectivity index (χ1n) is 10.9. The number of carbonyl (C=O) groups excluding carboxylic acids is 2. The van der Waals surface area contributed by atoms with Gasteiger partial charge in [0.05, 0.1) is 79.1 Å². The van der Waals surface area contributed by atoms with E-state index in [0.29, 0.717) is 85.5 Å². The molecule has 1 amide bonds. The SMILES string of the molecule is CC(C)(C)OC(=O)CCCOCCOCCOCCOCCOCCOCCC(=O)N=O. The first-order chi connectivity index (χ1) is 15.3. The maximum atomic E-state index is 11.5. The van der Waals surface area contributed by atoms with Crippen LogP contribution < -0.4 is 0 Å². The van der Waals surface area contributed by atoms with E-state index in [2.05, 4.69) is 5.18 Å². The molecule has 0 atom stereocenters. The van der Waals surface area contributed by atoms with E-state index in [9.17, 15) is 14.5 Å². The normalized spacial score (nSPS) is 11.5. The molecule has 0 unspecified atom stereocenters. The van der Waals surface area contributed by atoms with E-state index in [0.717, 1.165) is 0 Å². The average molecular weight is 466 g/mol. The summed E-state index contributed by atoms with van der Waals surface area (Å²) < 4.78 is 37.2. The molecule has 0 aromatic carbocycles. The summed E-state index contributed by atoms with van der Waals surface area (Å²) in [5.74, 6) is -0.928. The van der Waals surface area contributed by atoms with Gasteiger partial charge in [-0.3, -0.25) is 9.59 Å². The van der Waals surface area contributed by atoms with Gasteiger partial charge in [0.25, 0.3) is 5.91 Å². The van der Waals surface area contributed by atoms with Crippen LogP contribution in [0.5, 0.6) is 0 Å². The number of rotatable bonds is 22. The van der Waals surface area contributed by atoms with Gasteiger partial charge in [-0.1, -0.05) is 0 Å². The fourth-order valence-corrected chi connectivity index (χ4v) is 2.12. The molecule has 0 aliphatic heterocycles. The van der Waals surface area contributed by atoms with Crippen LogP contribution in [0.1, 0.15) is 40.0 Å². The van der Waals surface area contributed by atoms with Crippen molar-refractivity contribution in [1.29, 1.82) is 0 Å². The third kappa shape index (κ3) is 24.8. The van der Waals surface area contributed by atoms with Gasteiger partial charge in [0.1, 0.15) is 5.60 Å². The second-order valence-corrected chi connectivity index (χ2v) is 7.60. The third-order valence-electron chi connectivity index (χ3n) is 3.51. The van der Waals surface area contributed by atoms with Crippen LogP contribution in [0.2, 0.25) is 0 Å². The molecule has 11 heteroatoms. The van der Waals surface area contributed by atoms with Gasteiger partial charge < -0.3 is 33.2 Å². The Morgan fingerprint density at radius 2 is 0.969 bits per heavy atom. The van der Waals surface area contributed by atoms with Crippen molar-refractivity contribution < 1.29 is 42.7 Å².